The Bertz CT molecular complexity index is 704. The van der Waals surface area contributed by atoms with Crippen LogP contribution >= 0.6 is 0 Å². The number of aromatic nitrogens is 2. The van der Waals surface area contributed by atoms with Crippen LogP contribution in [0.2, 0.25) is 0 Å². The van der Waals surface area contributed by atoms with E-state index in [1.165, 1.54) is 13.1 Å². The van der Waals surface area contributed by atoms with Gasteiger partial charge < -0.3 is 13.9 Å². The highest BCUT2D eigenvalue weighted by molar-refractivity contribution is 5.91. The quantitative estimate of drug-likeness (QED) is 0.833. The summed E-state index contributed by atoms with van der Waals surface area (Å²) in [7, 11) is 1.48. The zero-order valence-corrected chi connectivity index (χ0v) is 12.0. The second kappa shape index (κ2) is 5.23. The molecule has 3 heterocycles. The number of likely N-dealkylation sites (tertiary alicyclic amines) is 1. The SMILES string of the molecule is Cc1cc(C2CCN(C(=O)c3cc(=O)n(C)o3)CC2)on1. The minimum Gasteiger partial charge on any atom is -0.371 e. The fourth-order valence-corrected chi connectivity index (χ4v) is 2.62. The first-order chi connectivity index (χ1) is 10.0. The molecule has 3 rings (SSSR count). The maximum atomic E-state index is 12.3. The van der Waals surface area contributed by atoms with E-state index in [0.29, 0.717) is 13.1 Å². The van der Waals surface area contributed by atoms with Gasteiger partial charge >= 0.3 is 0 Å². The molecule has 0 radical (unpaired) electrons. The van der Waals surface area contributed by atoms with Crippen LogP contribution in [0.5, 0.6) is 0 Å². The maximum absolute atomic E-state index is 12.3. The number of rotatable bonds is 2. The van der Waals surface area contributed by atoms with Crippen LogP contribution < -0.4 is 5.56 Å². The summed E-state index contributed by atoms with van der Waals surface area (Å²) in [6.45, 7) is 3.12. The molecule has 0 unspecified atom stereocenters. The first kappa shape index (κ1) is 13.7. The summed E-state index contributed by atoms with van der Waals surface area (Å²) in [5.41, 5.74) is 0.555. The molecule has 0 atom stereocenters. The Balaban J connectivity index is 1.65. The van der Waals surface area contributed by atoms with Crippen LogP contribution in [0.4, 0.5) is 0 Å². The number of carbonyl (C=O) groups is 1. The average molecular weight is 291 g/mol. The van der Waals surface area contributed by atoms with Crippen LogP contribution in [-0.2, 0) is 7.05 Å². The van der Waals surface area contributed by atoms with E-state index < -0.39 is 0 Å². The average Bonchev–Trinajstić information content (AvgIpc) is 3.05. The molecule has 0 spiro atoms. The molecule has 0 aliphatic carbocycles. The number of hydrogen-bond donors (Lipinski definition) is 0. The number of piperidine rings is 1. The van der Waals surface area contributed by atoms with Gasteiger partial charge in [0.1, 0.15) is 5.76 Å². The zero-order valence-electron chi connectivity index (χ0n) is 12.0. The third-order valence-corrected chi connectivity index (χ3v) is 3.84. The van der Waals surface area contributed by atoms with Crippen molar-refractivity contribution in [2.24, 2.45) is 7.05 Å². The van der Waals surface area contributed by atoms with Gasteiger partial charge in [-0.05, 0) is 19.8 Å². The molecule has 1 aliphatic heterocycles. The van der Waals surface area contributed by atoms with E-state index >= 15 is 0 Å². The van der Waals surface area contributed by atoms with Crippen LogP contribution in [0, 0.1) is 6.92 Å². The molecule has 2 aromatic heterocycles. The van der Waals surface area contributed by atoms with Crippen molar-refractivity contribution in [1.29, 1.82) is 0 Å². The third-order valence-electron chi connectivity index (χ3n) is 3.84. The third kappa shape index (κ3) is 2.63. The van der Waals surface area contributed by atoms with Crippen LogP contribution in [-0.4, -0.2) is 33.8 Å². The monoisotopic (exact) mass is 291 g/mol. The Labute approximate surface area is 121 Å². The van der Waals surface area contributed by atoms with Crippen LogP contribution in [0.15, 0.2) is 26.0 Å². The Morgan fingerprint density at radius 2 is 2.05 bits per heavy atom. The van der Waals surface area contributed by atoms with E-state index in [4.69, 9.17) is 9.05 Å². The van der Waals surface area contributed by atoms with Gasteiger partial charge in [0.05, 0.1) is 11.8 Å². The molecular formula is C14H17N3O4. The zero-order chi connectivity index (χ0) is 15.0. The number of aryl methyl sites for hydroxylation is 2. The number of amides is 1. The van der Waals surface area contributed by atoms with E-state index in [9.17, 15) is 9.59 Å². The second-order valence-electron chi connectivity index (χ2n) is 5.37. The second-order valence-corrected chi connectivity index (χ2v) is 5.37. The van der Waals surface area contributed by atoms with Crippen molar-refractivity contribution in [2.45, 2.75) is 25.7 Å². The van der Waals surface area contributed by atoms with Crippen LogP contribution in [0.1, 0.15) is 40.8 Å². The molecule has 2 aromatic rings. The molecule has 0 aromatic carbocycles. The van der Waals surface area contributed by atoms with E-state index in [-0.39, 0.29) is 23.1 Å². The Kier molecular flexibility index (Phi) is 3.40. The molecular weight excluding hydrogens is 274 g/mol. The van der Waals surface area contributed by atoms with Crippen LogP contribution in [0.3, 0.4) is 0 Å². The molecule has 21 heavy (non-hydrogen) atoms. The molecule has 1 saturated heterocycles. The van der Waals surface area contributed by atoms with Gasteiger partial charge in [0, 0.05) is 32.1 Å². The highest BCUT2D eigenvalue weighted by atomic mass is 16.5. The molecule has 7 nitrogen and oxygen atoms in total. The molecule has 0 saturated carbocycles. The fraction of sp³-hybridized carbons (Fsp3) is 0.500. The molecule has 1 amide bonds. The predicted octanol–water partition coefficient (Wildman–Crippen LogP) is 1.29. The summed E-state index contributed by atoms with van der Waals surface area (Å²) in [4.78, 5) is 25.3. The van der Waals surface area contributed by atoms with Gasteiger partial charge in [0.15, 0.2) is 0 Å². The van der Waals surface area contributed by atoms with Crippen molar-refractivity contribution in [3.8, 4) is 0 Å². The van der Waals surface area contributed by atoms with E-state index in [1.54, 1.807) is 4.90 Å². The van der Waals surface area contributed by atoms with Crippen molar-refractivity contribution >= 4 is 5.91 Å². The number of hydrogen-bond acceptors (Lipinski definition) is 5. The van der Waals surface area contributed by atoms with Gasteiger partial charge in [-0.2, -0.15) is 4.74 Å². The first-order valence-corrected chi connectivity index (χ1v) is 6.94. The van der Waals surface area contributed by atoms with Gasteiger partial charge in [0.2, 0.25) is 5.76 Å². The minimum atomic E-state index is -0.314. The lowest BCUT2D eigenvalue weighted by Gasteiger charge is -2.30. The molecule has 0 bridgehead atoms. The normalized spacial score (nSPS) is 16.4. The lowest BCUT2D eigenvalue weighted by molar-refractivity contribution is 0.0651. The Morgan fingerprint density at radius 1 is 1.33 bits per heavy atom. The van der Waals surface area contributed by atoms with E-state index in [2.05, 4.69) is 5.16 Å². The molecule has 112 valence electrons. The van der Waals surface area contributed by atoms with Gasteiger partial charge in [-0.3, -0.25) is 9.59 Å². The van der Waals surface area contributed by atoms with Crippen LogP contribution in [0.25, 0.3) is 0 Å². The predicted molar refractivity (Wildman–Crippen MR) is 73.1 cm³/mol. The summed E-state index contributed by atoms with van der Waals surface area (Å²) < 4.78 is 11.5. The summed E-state index contributed by atoms with van der Waals surface area (Å²) in [6, 6.07) is 3.17. The van der Waals surface area contributed by atoms with E-state index in [0.717, 1.165) is 29.0 Å². The molecule has 0 N–H and O–H groups in total. The first-order valence-electron chi connectivity index (χ1n) is 6.94. The number of nitrogens with zero attached hydrogens (tertiary/aromatic N) is 3. The minimum absolute atomic E-state index is 0.0939. The van der Waals surface area contributed by atoms with Crippen molar-refractivity contribution in [1.82, 2.24) is 14.8 Å². The van der Waals surface area contributed by atoms with Gasteiger partial charge in [-0.1, -0.05) is 5.16 Å². The maximum Gasteiger partial charge on any atom is 0.292 e. The highest BCUT2D eigenvalue weighted by Gasteiger charge is 2.28. The standard InChI is InChI=1S/C14H17N3O4/c1-9-7-11(20-15-9)10-3-5-17(6-4-10)14(19)12-8-13(18)16(2)21-12/h7-8,10H,3-6H2,1-2H3. The molecule has 1 aliphatic rings. The lowest BCUT2D eigenvalue weighted by atomic mass is 9.94. The summed E-state index contributed by atoms with van der Waals surface area (Å²) in [5.74, 6) is 1.03. The van der Waals surface area contributed by atoms with Crippen molar-refractivity contribution in [3.05, 3.63) is 39.7 Å². The van der Waals surface area contributed by atoms with Gasteiger partial charge in [0.25, 0.3) is 11.5 Å². The van der Waals surface area contributed by atoms with Crippen molar-refractivity contribution in [3.63, 3.8) is 0 Å². The number of carbonyl (C=O) groups excluding carboxylic acids is 1. The Morgan fingerprint density at radius 3 is 2.57 bits per heavy atom. The van der Waals surface area contributed by atoms with Gasteiger partial charge in [-0.15, -0.1) is 0 Å². The van der Waals surface area contributed by atoms with Crippen molar-refractivity contribution in [2.75, 3.05) is 13.1 Å². The fourth-order valence-electron chi connectivity index (χ4n) is 2.62. The molecule has 1 fully saturated rings. The molecule has 7 heteroatoms. The summed E-state index contributed by atoms with van der Waals surface area (Å²) in [6.07, 6.45) is 1.63. The Hall–Kier alpha value is -2.31. The summed E-state index contributed by atoms with van der Waals surface area (Å²) >= 11 is 0. The highest BCUT2D eigenvalue weighted by Crippen LogP contribution is 2.28. The smallest absolute Gasteiger partial charge is 0.292 e. The van der Waals surface area contributed by atoms with Gasteiger partial charge in [-0.25, -0.2) is 0 Å². The lowest BCUT2D eigenvalue weighted by Crippen LogP contribution is -2.37. The largest absolute Gasteiger partial charge is 0.371 e. The topological polar surface area (TPSA) is 81.5 Å². The summed E-state index contributed by atoms with van der Waals surface area (Å²) in [5, 5.41) is 3.90. The van der Waals surface area contributed by atoms with Crippen molar-refractivity contribution < 1.29 is 13.8 Å². The van der Waals surface area contributed by atoms with E-state index in [1.807, 2.05) is 13.0 Å².